The fourth-order valence-corrected chi connectivity index (χ4v) is 0.886. The van der Waals surface area contributed by atoms with Crippen molar-refractivity contribution < 1.29 is 40.5 Å². The Balaban J connectivity index is 0. The minimum atomic E-state index is -4.22. The van der Waals surface area contributed by atoms with E-state index >= 15 is 0 Å². The number of aliphatic hydroxyl groups is 1. The van der Waals surface area contributed by atoms with Gasteiger partial charge in [0.25, 0.3) is 0 Å². The molecule has 0 aliphatic carbocycles. The van der Waals surface area contributed by atoms with Crippen LogP contribution in [0.1, 0.15) is 6.92 Å². The Labute approximate surface area is 69.5 Å². The molecule has 9 heavy (non-hydrogen) atoms. The first kappa shape index (κ1) is 12.3. The van der Waals surface area contributed by atoms with Gasteiger partial charge in [-0.2, -0.15) is 0 Å². The molecule has 1 N–H and O–H groups in total. The van der Waals surface area contributed by atoms with E-state index in [1.165, 1.54) is 6.92 Å². The summed E-state index contributed by atoms with van der Waals surface area (Å²) >= 11 is 0. The number of aliphatic hydroxyl groups excluding tert-OH is 1. The van der Waals surface area contributed by atoms with Crippen LogP contribution < -0.4 is 0 Å². The summed E-state index contributed by atoms with van der Waals surface area (Å²) in [6.45, 7) is 1.25. The third kappa shape index (κ3) is 12.0. The van der Waals surface area contributed by atoms with Crippen LogP contribution in [0.25, 0.3) is 0 Å². The van der Waals surface area contributed by atoms with Crippen LogP contribution in [0, 0.1) is 0 Å². The predicted octanol–water partition coefficient (Wildman–Crippen LogP) is -1.09. The normalized spacial score (nSPS) is 14.1. The summed E-state index contributed by atoms with van der Waals surface area (Å²) in [5, 5.41) is 8.31. The summed E-state index contributed by atoms with van der Waals surface area (Å²) < 4.78 is 29.2. The predicted molar refractivity (Wildman–Crippen MR) is 26.2 cm³/mol. The summed E-state index contributed by atoms with van der Waals surface area (Å²) in [6.07, 6.45) is -1.06. The molecule has 60 valence electrons. The summed E-state index contributed by atoms with van der Waals surface area (Å²) in [6, 6.07) is 0. The van der Waals surface area contributed by atoms with Crippen molar-refractivity contribution in [2.24, 2.45) is 0 Å². The van der Waals surface area contributed by atoms with Crippen LogP contribution in [0.5, 0.6) is 0 Å². The van der Waals surface area contributed by atoms with Gasteiger partial charge in [0, 0.05) is 0 Å². The van der Waals surface area contributed by atoms with Gasteiger partial charge in [-0.05, 0) is 6.92 Å². The number of hydrogen-bond donors (Lipinski definition) is 1. The molecule has 0 fully saturated rings. The van der Waals surface area contributed by atoms with Crippen LogP contribution in [-0.4, -0.2) is 29.9 Å². The molecule has 0 amide bonds. The molecule has 0 aromatic rings. The first-order valence-corrected chi connectivity index (χ1v) is 3.61. The first-order chi connectivity index (χ1) is 3.42. The van der Waals surface area contributed by atoms with Crippen LogP contribution in [0.4, 0.5) is 0 Å². The minimum absolute atomic E-state index is 0. The Kier molecular flexibility index (Phi) is 6.05. The van der Waals surface area contributed by atoms with Gasteiger partial charge in [-0.25, -0.2) is 8.42 Å². The maximum absolute atomic E-state index is 9.73. The van der Waals surface area contributed by atoms with Crippen molar-refractivity contribution in [1.29, 1.82) is 0 Å². The molecule has 0 saturated carbocycles. The second-order valence-electron chi connectivity index (χ2n) is 1.57. The zero-order valence-corrected chi connectivity index (χ0v) is 7.65. The maximum atomic E-state index is 9.73. The molecule has 0 spiro atoms. The van der Waals surface area contributed by atoms with Crippen molar-refractivity contribution in [3.8, 4) is 0 Å². The average Bonchev–Trinajstić information content (AvgIpc) is 1.21. The van der Waals surface area contributed by atoms with Gasteiger partial charge >= 0.3 is 22.4 Å². The molecule has 0 radical (unpaired) electrons. The molecular weight excluding hydrogens is 329 g/mol. The van der Waals surface area contributed by atoms with Crippen molar-refractivity contribution in [2.75, 3.05) is 5.75 Å². The van der Waals surface area contributed by atoms with Crippen molar-refractivity contribution in [3.05, 3.63) is 0 Å². The van der Waals surface area contributed by atoms with Gasteiger partial charge in [0.05, 0.1) is 22.0 Å². The van der Waals surface area contributed by atoms with Crippen molar-refractivity contribution in [1.82, 2.24) is 0 Å². The van der Waals surface area contributed by atoms with E-state index in [0.717, 1.165) is 0 Å². The Morgan fingerprint density at radius 3 is 2.00 bits per heavy atom. The molecule has 0 aliphatic heterocycles. The van der Waals surface area contributed by atoms with Crippen LogP contribution in [0.15, 0.2) is 0 Å². The number of hydrogen-bond acceptors (Lipinski definition) is 4. The smallest absolute Gasteiger partial charge is 0.748 e. The third-order valence-electron chi connectivity index (χ3n) is 0.445. The van der Waals surface area contributed by atoms with Gasteiger partial charge in [-0.1, -0.05) is 0 Å². The molecule has 0 aromatic carbocycles. The molecule has 0 saturated heterocycles. The minimum Gasteiger partial charge on any atom is -0.748 e. The SMILES string of the molecule is CC(O)CS(=O)(=O)[O-].[Au+]. The van der Waals surface area contributed by atoms with Crippen LogP contribution in [-0.2, 0) is 32.5 Å². The molecule has 6 heteroatoms. The molecule has 0 rings (SSSR count). The Morgan fingerprint density at radius 2 is 2.00 bits per heavy atom. The van der Waals surface area contributed by atoms with E-state index in [0.29, 0.717) is 0 Å². The van der Waals surface area contributed by atoms with Gasteiger partial charge in [-0.15, -0.1) is 0 Å². The Morgan fingerprint density at radius 1 is 1.67 bits per heavy atom. The van der Waals surface area contributed by atoms with Crippen molar-refractivity contribution >= 4 is 10.1 Å². The van der Waals surface area contributed by atoms with E-state index in [1.54, 1.807) is 0 Å². The first-order valence-electron chi connectivity index (χ1n) is 2.03. The quantitative estimate of drug-likeness (QED) is 0.514. The average molecular weight is 336 g/mol. The zero-order chi connectivity index (χ0) is 6.78. The van der Waals surface area contributed by atoms with Crippen molar-refractivity contribution in [3.63, 3.8) is 0 Å². The molecule has 1 atom stereocenters. The van der Waals surface area contributed by atoms with E-state index in [4.69, 9.17) is 5.11 Å². The van der Waals surface area contributed by atoms with Crippen LogP contribution in [0.2, 0.25) is 0 Å². The second-order valence-corrected chi connectivity index (χ2v) is 3.02. The van der Waals surface area contributed by atoms with Gasteiger partial charge in [0.2, 0.25) is 0 Å². The fourth-order valence-electron chi connectivity index (χ4n) is 0.295. The van der Waals surface area contributed by atoms with Gasteiger partial charge in [0.1, 0.15) is 0 Å². The fraction of sp³-hybridized carbons (Fsp3) is 1.00. The molecule has 0 aliphatic rings. The molecule has 0 bridgehead atoms. The van der Waals surface area contributed by atoms with E-state index in [2.05, 4.69) is 0 Å². The van der Waals surface area contributed by atoms with Crippen molar-refractivity contribution in [2.45, 2.75) is 13.0 Å². The summed E-state index contributed by atoms with van der Waals surface area (Å²) in [5.41, 5.74) is 0. The van der Waals surface area contributed by atoms with Gasteiger partial charge < -0.3 is 9.66 Å². The van der Waals surface area contributed by atoms with E-state index in [-0.39, 0.29) is 22.4 Å². The molecular formula is C3H7AuO4S. The maximum Gasteiger partial charge on any atom is 1.00 e. The van der Waals surface area contributed by atoms with E-state index in [1.807, 2.05) is 0 Å². The van der Waals surface area contributed by atoms with Crippen LogP contribution >= 0.6 is 0 Å². The van der Waals surface area contributed by atoms with Gasteiger partial charge in [0.15, 0.2) is 0 Å². The Hall–Kier alpha value is 0.610. The largest absolute Gasteiger partial charge is 1.00 e. The third-order valence-corrected chi connectivity index (χ3v) is 1.34. The molecule has 0 heterocycles. The van der Waals surface area contributed by atoms with Crippen LogP contribution in [0.3, 0.4) is 0 Å². The summed E-state index contributed by atoms with van der Waals surface area (Å²) in [4.78, 5) is 0. The summed E-state index contributed by atoms with van der Waals surface area (Å²) in [7, 11) is -4.22. The topological polar surface area (TPSA) is 77.4 Å². The van der Waals surface area contributed by atoms with Gasteiger partial charge in [-0.3, -0.25) is 0 Å². The zero-order valence-electron chi connectivity index (χ0n) is 4.67. The number of rotatable bonds is 2. The van der Waals surface area contributed by atoms with E-state index in [9.17, 15) is 13.0 Å². The summed E-state index contributed by atoms with van der Waals surface area (Å²) in [5.74, 6) is -0.701. The molecule has 1 unspecified atom stereocenters. The molecule has 0 aromatic heterocycles. The van der Waals surface area contributed by atoms with E-state index < -0.39 is 22.0 Å². The Bertz CT molecular complexity index is 149. The molecule has 4 nitrogen and oxygen atoms in total. The monoisotopic (exact) mass is 336 g/mol. The second kappa shape index (κ2) is 4.43. The standard InChI is InChI=1S/C3H8O4S.Au/c1-3(4)2-8(5,6)7;/h3-4H,2H2,1H3,(H,5,6,7);/q;+1/p-1.